The monoisotopic (exact) mass is 330 g/mol. The van der Waals surface area contributed by atoms with Crippen LogP contribution in [0.5, 0.6) is 0 Å². The number of aliphatic hydroxyl groups is 1. The van der Waals surface area contributed by atoms with Crippen molar-refractivity contribution in [3.63, 3.8) is 0 Å². The summed E-state index contributed by atoms with van der Waals surface area (Å²) in [5.74, 6) is -0.510. The minimum Gasteiger partial charge on any atom is -0.388 e. The van der Waals surface area contributed by atoms with Crippen molar-refractivity contribution in [1.29, 1.82) is 0 Å². The molecule has 0 spiro atoms. The van der Waals surface area contributed by atoms with E-state index in [-0.39, 0.29) is 11.8 Å². The standard InChI is InChI=1S/C19H26N2O3/c1-15(18(23)21(2)14-19(24)12-6-7-13-19)20-17(22)11-10-16-8-4-3-5-9-16/h3-5,8-11,15,24H,6-7,12-14H2,1-2H3,(H,20,22)/b11-10+. The van der Waals surface area contributed by atoms with Gasteiger partial charge < -0.3 is 15.3 Å². The lowest BCUT2D eigenvalue weighted by molar-refractivity contribution is -0.136. The summed E-state index contributed by atoms with van der Waals surface area (Å²) in [5, 5.41) is 13.1. The van der Waals surface area contributed by atoms with Gasteiger partial charge in [-0.2, -0.15) is 0 Å². The molecule has 1 aromatic rings. The molecule has 1 aromatic carbocycles. The van der Waals surface area contributed by atoms with Crippen LogP contribution < -0.4 is 5.32 Å². The first-order valence-corrected chi connectivity index (χ1v) is 8.41. The van der Waals surface area contributed by atoms with E-state index in [1.165, 1.54) is 11.0 Å². The largest absolute Gasteiger partial charge is 0.388 e. The highest BCUT2D eigenvalue weighted by atomic mass is 16.3. The second-order valence-electron chi connectivity index (χ2n) is 6.60. The number of benzene rings is 1. The van der Waals surface area contributed by atoms with Crippen LogP contribution in [-0.2, 0) is 9.59 Å². The van der Waals surface area contributed by atoms with Crippen molar-refractivity contribution in [1.82, 2.24) is 10.2 Å². The molecule has 2 amide bonds. The Morgan fingerprint density at radius 2 is 1.92 bits per heavy atom. The first-order chi connectivity index (χ1) is 11.4. The lowest BCUT2D eigenvalue weighted by atomic mass is 10.0. The molecule has 5 heteroatoms. The summed E-state index contributed by atoms with van der Waals surface area (Å²) >= 11 is 0. The average molecular weight is 330 g/mol. The van der Waals surface area contributed by atoms with Crippen molar-refractivity contribution in [2.45, 2.75) is 44.2 Å². The zero-order chi connectivity index (χ0) is 17.6. The van der Waals surface area contributed by atoms with Crippen molar-refractivity contribution < 1.29 is 14.7 Å². The second-order valence-corrected chi connectivity index (χ2v) is 6.60. The van der Waals surface area contributed by atoms with Crippen LogP contribution in [0.3, 0.4) is 0 Å². The predicted octanol–water partition coefficient (Wildman–Crippen LogP) is 1.97. The Labute approximate surface area is 143 Å². The average Bonchev–Trinajstić information content (AvgIpc) is 2.99. The fraction of sp³-hybridized carbons (Fsp3) is 0.474. The van der Waals surface area contributed by atoms with Gasteiger partial charge in [0, 0.05) is 19.7 Å². The molecule has 1 atom stereocenters. The summed E-state index contributed by atoms with van der Waals surface area (Å²) in [4.78, 5) is 25.8. The van der Waals surface area contributed by atoms with Crippen molar-refractivity contribution in [2.75, 3.05) is 13.6 Å². The molecule has 0 radical (unpaired) electrons. The molecule has 0 aromatic heterocycles. The third-order valence-electron chi connectivity index (χ3n) is 4.40. The predicted molar refractivity (Wildman–Crippen MR) is 94.1 cm³/mol. The Morgan fingerprint density at radius 1 is 1.29 bits per heavy atom. The number of nitrogens with zero attached hydrogens (tertiary/aromatic N) is 1. The second kappa shape index (κ2) is 8.11. The van der Waals surface area contributed by atoms with Gasteiger partial charge in [-0.3, -0.25) is 9.59 Å². The van der Waals surface area contributed by atoms with Crippen LogP contribution in [0.15, 0.2) is 36.4 Å². The van der Waals surface area contributed by atoms with Crippen LogP contribution in [0.4, 0.5) is 0 Å². The number of amides is 2. The molecular weight excluding hydrogens is 304 g/mol. The number of hydrogen-bond acceptors (Lipinski definition) is 3. The van der Waals surface area contributed by atoms with E-state index in [0.29, 0.717) is 6.54 Å². The van der Waals surface area contributed by atoms with Crippen LogP contribution >= 0.6 is 0 Å². The number of carbonyl (C=O) groups is 2. The van der Waals surface area contributed by atoms with Crippen molar-refractivity contribution in [3.8, 4) is 0 Å². The molecule has 0 aliphatic heterocycles. The molecule has 2 rings (SSSR count). The van der Waals surface area contributed by atoms with Gasteiger partial charge in [-0.25, -0.2) is 0 Å². The van der Waals surface area contributed by atoms with Crippen LogP contribution in [0, 0.1) is 0 Å². The Kier molecular flexibility index (Phi) is 6.15. The van der Waals surface area contributed by atoms with E-state index in [1.54, 1.807) is 20.0 Å². The van der Waals surface area contributed by atoms with Crippen LogP contribution in [0.2, 0.25) is 0 Å². The number of likely N-dealkylation sites (N-methyl/N-ethyl adjacent to an activating group) is 1. The summed E-state index contributed by atoms with van der Waals surface area (Å²) in [6, 6.07) is 8.86. The maximum absolute atomic E-state index is 12.4. The topological polar surface area (TPSA) is 69.6 Å². The highest BCUT2D eigenvalue weighted by Crippen LogP contribution is 2.29. The molecule has 1 fully saturated rings. The molecule has 24 heavy (non-hydrogen) atoms. The fourth-order valence-electron chi connectivity index (χ4n) is 3.10. The Balaban J connectivity index is 1.84. The Morgan fingerprint density at radius 3 is 2.54 bits per heavy atom. The first-order valence-electron chi connectivity index (χ1n) is 8.41. The number of rotatable bonds is 6. The van der Waals surface area contributed by atoms with E-state index >= 15 is 0 Å². The summed E-state index contributed by atoms with van der Waals surface area (Å²) < 4.78 is 0. The van der Waals surface area contributed by atoms with Gasteiger partial charge in [0.05, 0.1) is 5.60 Å². The van der Waals surface area contributed by atoms with Crippen LogP contribution in [0.1, 0.15) is 38.2 Å². The molecule has 1 aliphatic rings. The number of hydrogen-bond donors (Lipinski definition) is 2. The van der Waals surface area contributed by atoms with Crippen LogP contribution in [-0.4, -0.2) is 47.1 Å². The third kappa shape index (κ3) is 5.20. The molecule has 0 bridgehead atoms. The maximum atomic E-state index is 12.4. The minimum absolute atomic E-state index is 0.197. The molecule has 130 valence electrons. The number of carbonyl (C=O) groups excluding carboxylic acids is 2. The highest BCUT2D eigenvalue weighted by Gasteiger charge is 2.34. The fourth-order valence-corrected chi connectivity index (χ4v) is 3.10. The van der Waals surface area contributed by atoms with E-state index in [9.17, 15) is 14.7 Å². The molecule has 1 saturated carbocycles. The van der Waals surface area contributed by atoms with Gasteiger partial charge in [-0.05, 0) is 31.4 Å². The molecule has 1 aliphatic carbocycles. The third-order valence-corrected chi connectivity index (χ3v) is 4.40. The van der Waals surface area contributed by atoms with Gasteiger partial charge in [0.25, 0.3) is 0 Å². The SMILES string of the molecule is CC(NC(=O)/C=C/c1ccccc1)C(=O)N(C)CC1(O)CCCC1. The van der Waals surface area contributed by atoms with Crippen molar-refractivity contribution in [2.24, 2.45) is 0 Å². The van der Waals surface area contributed by atoms with Gasteiger partial charge in [-0.15, -0.1) is 0 Å². The minimum atomic E-state index is -0.776. The smallest absolute Gasteiger partial charge is 0.244 e. The van der Waals surface area contributed by atoms with Gasteiger partial charge in [0.2, 0.25) is 11.8 Å². The molecule has 1 unspecified atom stereocenters. The van der Waals surface area contributed by atoms with E-state index in [2.05, 4.69) is 5.32 Å². The Hall–Kier alpha value is -2.14. The van der Waals surface area contributed by atoms with E-state index < -0.39 is 11.6 Å². The van der Waals surface area contributed by atoms with Gasteiger partial charge in [0.1, 0.15) is 6.04 Å². The van der Waals surface area contributed by atoms with Gasteiger partial charge in [0.15, 0.2) is 0 Å². The normalized spacial score (nSPS) is 17.6. The lowest BCUT2D eigenvalue weighted by Gasteiger charge is -2.30. The molecule has 5 nitrogen and oxygen atoms in total. The number of nitrogens with one attached hydrogen (secondary N) is 1. The zero-order valence-corrected chi connectivity index (χ0v) is 14.4. The summed E-state index contributed by atoms with van der Waals surface area (Å²) in [6.45, 7) is 1.97. The van der Waals surface area contributed by atoms with Gasteiger partial charge >= 0.3 is 0 Å². The van der Waals surface area contributed by atoms with E-state index in [4.69, 9.17) is 0 Å². The first kappa shape index (κ1) is 18.2. The molecule has 0 heterocycles. The summed E-state index contributed by atoms with van der Waals surface area (Å²) in [6.07, 6.45) is 6.57. The zero-order valence-electron chi connectivity index (χ0n) is 14.4. The van der Waals surface area contributed by atoms with Gasteiger partial charge in [-0.1, -0.05) is 43.2 Å². The quantitative estimate of drug-likeness (QED) is 0.784. The highest BCUT2D eigenvalue weighted by molar-refractivity contribution is 5.95. The lowest BCUT2D eigenvalue weighted by Crippen LogP contribution is -2.49. The van der Waals surface area contributed by atoms with Crippen LogP contribution in [0.25, 0.3) is 6.08 Å². The summed E-state index contributed by atoms with van der Waals surface area (Å²) in [7, 11) is 1.67. The molecular formula is C19H26N2O3. The molecule has 2 N–H and O–H groups in total. The Bertz CT molecular complexity index is 592. The maximum Gasteiger partial charge on any atom is 0.244 e. The van der Waals surface area contributed by atoms with E-state index in [1.807, 2.05) is 30.3 Å². The van der Waals surface area contributed by atoms with Crippen molar-refractivity contribution in [3.05, 3.63) is 42.0 Å². The van der Waals surface area contributed by atoms with E-state index in [0.717, 1.165) is 31.2 Å². The van der Waals surface area contributed by atoms with Crippen molar-refractivity contribution >= 4 is 17.9 Å². The summed E-state index contributed by atoms with van der Waals surface area (Å²) in [5.41, 5.74) is 0.147. The molecule has 0 saturated heterocycles.